The van der Waals surface area contributed by atoms with Crippen molar-refractivity contribution < 1.29 is 28.6 Å². The molecule has 75 heavy (non-hydrogen) atoms. The number of hydrogen-bond acceptors (Lipinski definition) is 6. The zero-order valence-corrected chi connectivity index (χ0v) is 49.3. The van der Waals surface area contributed by atoms with E-state index in [0.29, 0.717) is 19.3 Å². The van der Waals surface area contributed by atoms with Crippen LogP contribution in [0.15, 0.2) is 97.2 Å². The Kier molecular flexibility index (Phi) is 59.8. The first kappa shape index (κ1) is 71.3. The normalized spacial score (nSPS) is 12.7. The third-order valence-corrected chi connectivity index (χ3v) is 13.6. The highest BCUT2D eigenvalue weighted by molar-refractivity contribution is 5.71. The smallest absolute Gasteiger partial charge is 0.306 e. The standard InChI is InChI=1S/C69H118O6/c1-4-7-10-13-16-19-22-25-28-31-34-37-40-43-46-49-52-55-58-61-67(70)73-64-66(75-69(72)63-60-57-54-51-48-45-42-39-36-33-30-27-24-21-18-15-12-9-6-3)65-74-68(71)62-59-56-53-50-47-44-41-38-35-32-29-26-23-20-17-14-11-8-5-2/h7,10,16,19,25-30,34,37,43,46,52,55,66H,4-6,8-9,11-15,17-18,20-24,31-33,35-36,38-42,44-45,47-51,53-54,56-65H2,1-3H3/b10-7+,19-16+,28-25+,29-26+,30-27+,37-34+,46-43+,55-52+/t66-/m0/s1. The monoisotopic (exact) mass is 1040 g/mol. The first-order valence-corrected chi connectivity index (χ1v) is 31.7. The Bertz CT molecular complexity index is 1480. The molecule has 0 aromatic rings. The second-order valence-electron chi connectivity index (χ2n) is 20.9. The van der Waals surface area contributed by atoms with Crippen LogP contribution in [0.2, 0.25) is 0 Å². The second kappa shape index (κ2) is 62.9. The second-order valence-corrected chi connectivity index (χ2v) is 20.9. The van der Waals surface area contributed by atoms with Gasteiger partial charge in [0.25, 0.3) is 0 Å². The van der Waals surface area contributed by atoms with Crippen molar-refractivity contribution in [2.45, 2.75) is 309 Å². The van der Waals surface area contributed by atoms with Gasteiger partial charge < -0.3 is 14.2 Å². The molecule has 0 aromatic carbocycles. The largest absolute Gasteiger partial charge is 0.462 e. The van der Waals surface area contributed by atoms with Crippen molar-refractivity contribution >= 4 is 17.9 Å². The van der Waals surface area contributed by atoms with E-state index in [1.165, 1.54) is 180 Å². The molecule has 0 aliphatic heterocycles. The van der Waals surface area contributed by atoms with Gasteiger partial charge in [-0.2, -0.15) is 0 Å². The molecule has 430 valence electrons. The molecule has 0 radical (unpaired) electrons. The lowest BCUT2D eigenvalue weighted by Gasteiger charge is -2.18. The first-order chi connectivity index (χ1) is 37.0. The quantitative estimate of drug-likeness (QED) is 0.0261. The fraction of sp³-hybridized carbons (Fsp3) is 0.725. The molecule has 0 bridgehead atoms. The summed E-state index contributed by atoms with van der Waals surface area (Å²) >= 11 is 0. The van der Waals surface area contributed by atoms with Crippen LogP contribution in [0.25, 0.3) is 0 Å². The number of hydrogen-bond donors (Lipinski definition) is 0. The minimum atomic E-state index is -0.812. The van der Waals surface area contributed by atoms with Crippen LogP contribution in [0.4, 0.5) is 0 Å². The summed E-state index contributed by atoms with van der Waals surface area (Å²) < 4.78 is 16.9. The number of carbonyl (C=O) groups is 3. The molecule has 0 aromatic heterocycles. The van der Waals surface area contributed by atoms with Crippen LogP contribution in [0, 0.1) is 0 Å². The molecule has 0 aliphatic carbocycles. The third kappa shape index (κ3) is 61.1. The van der Waals surface area contributed by atoms with Crippen molar-refractivity contribution in [3.63, 3.8) is 0 Å². The summed E-state index contributed by atoms with van der Waals surface area (Å²) in [6.07, 6.45) is 84.2. The van der Waals surface area contributed by atoms with E-state index in [2.05, 4.69) is 112 Å². The first-order valence-electron chi connectivity index (χ1n) is 31.7. The van der Waals surface area contributed by atoms with Gasteiger partial charge in [-0.15, -0.1) is 0 Å². The van der Waals surface area contributed by atoms with Gasteiger partial charge in [-0.25, -0.2) is 0 Å². The Morgan fingerprint density at radius 3 is 0.893 bits per heavy atom. The highest BCUT2D eigenvalue weighted by atomic mass is 16.6. The summed E-state index contributed by atoms with van der Waals surface area (Å²) in [4.78, 5) is 38.3. The highest BCUT2D eigenvalue weighted by Crippen LogP contribution is 2.16. The van der Waals surface area contributed by atoms with Crippen molar-refractivity contribution in [2.24, 2.45) is 0 Å². The van der Waals surface area contributed by atoms with E-state index in [1.807, 2.05) is 6.08 Å². The molecule has 0 rings (SSSR count). The summed E-state index contributed by atoms with van der Waals surface area (Å²) in [5.41, 5.74) is 0. The number of rotatable bonds is 57. The number of carbonyl (C=O) groups excluding carboxylic acids is 3. The number of ether oxygens (including phenoxy) is 3. The van der Waals surface area contributed by atoms with E-state index in [9.17, 15) is 14.4 Å². The zero-order chi connectivity index (χ0) is 54.3. The molecule has 0 saturated heterocycles. The molecule has 0 N–H and O–H groups in total. The van der Waals surface area contributed by atoms with Crippen LogP contribution in [0.1, 0.15) is 303 Å². The molecular formula is C69H118O6. The summed E-state index contributed by atoms with van der Waals surface area (Å²) in [6, 6.07) is 0. The lowest BCUT2D eigenvalue weighted by molar-refractivity contribution is -0.166. The van der Waals surface area contributed by atoms with Crippen molar-refractivity contribution in [1.82, 2.24) is 0 Å². The maximum Gasteiger partial charge on any atom is 0.306 e. The molecular weight excluding hydrogens is 925 g/mol. The molecule has 0 heterocycles. The molecule has 0 aliphatic rings. The molecule has 1 atom stereocenters. The van der Waals surface area contributed by atoms with Crippen LogP contribution in [-0.4, -0.2) is 37.2 Å². The van der Waals surface area contributed by atoms with E-state index < -0.39 is 6.10 Å². The van der Waals surface area contributed by atoms with Gasteiger partial charge in [0.15, 0.2) is 6.10 Å². The Labute approximate surface area is 464 Å². The van der Waals surface area contributed by atoms with Gasteiger partial charge in [-0.3, -0.25) is 14.4 Å². The van der Waals surface area contributed by atoms with Gasteiger partial charge in [0.1, 0.15) is 13.2 Å². The molecule has 0 unspecified atom stereocenters. The maximum atomic E-state index is 12.9. The van der Waals surface area contributed by atoms with Crippen molar-refractivity contribution in [3.8, 4) is 0 Å². The van der Waals surface area contributed by atoms with Gasteiger partial charge in [-0.05, 0) is 109 Å². The summed E-state index contributed by atoms with van der Waals surface area (Å²) in [5.74, 6) is -0.984. The van der Waals surface area contributed by atoms with E-state index in [1.54, 1.807) is 0 Å². The summed E-state index contributed by atoms with van der Waals surface area (Å²) in [7, 11) is 0. The van der Waals surface area contributed by atoms with Crippen molar-refractivity contribution in [1.29, 1.82) is 0 Å². The SMILES string of the molecule is CC/C=C/C/C=C/C/C=C/C/C=C/C/C=C/C/C=C/CCC(=O)OC[C@@H](COC(=O)CCCCCCCCCCC/C=C/CCCCCCCC)OC(=O)CCCCCCCCCCC/C=C/CCCCCCCC. The van der Waals surface area contributed by atoms with Crippen LogP contribution in [0.5, 0.6) is 0 Å². The molecule has 6 heteroatoms. The Hall–Kier alpha value is -3.67. The topological polar surface area (TPSA) is 78.9 Å². The van der Waals surface area contributed by atoms with Crippen LogP contribution in [0.3, 0.4) is 0 Å². The van der Waals surface area contributed by atoms with Crippen LogP contribution >= 0.6 is 0 Å². The van der Waals surface area contributed by atoms with Gasteiger partial charge in [-0.1, -0.05) is 272 Å². The van der Waals surface area contributed by atoms with E-state index in [4.69, 9.17) is 14.2 Å². The molecule has 0 fully saturated rings. The Morgan fingerprint density at radius 2 is 0.547 bits per heavy atom. The predicted molar refractivity (Wildman–Crippen MR) is 325 cm³/mol. The minimum absolute atomic E-state index is 0.102. The Balaban J connectivity index is 4.48. The van der Waals surface area contributed by atoms with Crippen LogP contribution in [-0.2, 0) is 28.6 Å². The number of unbranched alkanes of at least 4 members (excludes halogenated alkanes) is 30. The average Bonchev–Trinajstić information content (AvgIpc) is 3.41. The van der Waals surface area contributed by atoms with E-state index in [0.717, 1.165) is 77.0 Å². The fourth-order valence-electron chi connectivity index (χ4n) is 8.81. The zero-order valence-electron chi connectivity index (χ0n) is 49.3. The van der Waals surface area contributed by atoms with Crippen LogP contribution < -0.4 is 0 Å². The average molecular weight is 1040 g/mol. The lowest BCUT2D eigenvalue weighted by Crippen LogP contribution is -2.30. The van der Waals surface area contributed by atoms with E-state index in [-0.39, 0.29) is 37.5 Å². The minimum Gasteiger partial charge on any atom is -0.462 e. The highest BCUT2D eigenvalue weighted by Gasteiger charge is 2.19. The van der Waals surface area contributed by atoms with Gasteiger partial charge in [0.05, 0.1) is 0 Å². The summed E-state index contributed by atoms with van der Waals surface area (Å²) in [6.45, 7) is 6.48. The maximum absolute atomic E-state index is 12.9. The van der Waals surface area contributed by atoms with Crippen molar-refractivity contribution in [2.75, 3.05) is 13.2 Å². The lowest BCUT2D eigenvalue weighted by atomic mass is 10.1. The summed E-state index contributed by atoms with van der Waals surface area (Å²) in [5, 5.41) is 0. The van der Waals surface area contributed by atoms with Gasteiger partial charge in [0, 0.05) is 19.3 Å². The Morgan fingerprint density at radius 1 is 0.280 bits per heavy atom. The molecule has 0 spiro atoms. The molecule has 0 amide bonds. The number of allylic oxidation sites excluding steroid dienone is 16. The van der Waals surface area contributed by atoms with Gasteiger partial charge in [0.2, 0.25) is 0 Å². The molecule has 0 saturated carbocycles. The fourth-order valence-corrected chi connectivity index (χ4v) is 8.81. The molecule has 6 nitrogen and oxygen atoms in total. The van der Waals surface area contributed by atoms with Crippen molar-refractivity contribution in [3.05, 3.63) is 97.2 Å². The van der Waals surface area contributed by atoms with Gasteiger partial charge >= 0.3 is 17.9 Å². The predicted octanol–water partition coefficient (Wildman–Crippen LogP) is 21.7. The third-order valence-electron chi connectivity index (χ3n) is 13.6. The van der Waals surface area contributed by atoms with E-state index >= 15 is 0 Å². The number of esters is 3.